The molecule has 1 atom stereocenters. The molecule has 0 fully saturated rings. The SMILES string of the molecule is CC(=O)NC(C(=O)NOC(C)(C)C)C(C)C. The summed E-state index contributed by atoms with van der Waals surface area (Å²) in [5, 5.41) is 2.58. The number of hydrogen-bond acceptors (Lipinski definition) is 3. The minimum absolute atomic E-state index is 0.00692. The molecule has 16 heavy (non-hydrogen) atoms. The van der Waals surface area contributed by atoms with Gasteiger partial charge in [-0.25, -0.2) is 5.48 Å². The van der Waals surface area contributed by atoms with Gasteiger partial charge in [0.1, 0.15) is 6.04 Å². The third kappa shape index (κ3) is 6.40. The number of amides is 2. The van der Waals surface area contributed by atoms with Crippen LogP contribution < -0.4 is 10.8 Å². The molecule has 0 aromatic carbocycles. The predicted octanol–water partition coefficient (Wildman–Crippen LogP) is 0.993. The fourth-order valence-corrected chi connectivity index (χ4v) is 1.02. The summed E-state index contributed by atoms with van der Waals surface area (Å²) in [6.45, 7) is 10.6. The normalized spacial score (nSPS) is 13.4. The van der Waals surface area contributed by atoms with Crippen molar-refractivity contribution in [3.8, 4) is 0 Å². The highest BCUT2D eigenvalue weighted by molar-refractivity contribution is 5.86. The predicted molar refractivity (Wildman–Crippen MR) is 61.4 cm³/mol. The molecular formula is C11H22N2O3. The Kier molecular flexibility index (Phi) is 5.44. The lowest BCUT2D eigenvalue weighted by Crippen LogP contribution is -2.50. The van der Waals surface area contributed by atoms with E-state index in [9.17, 15) is 9.59 Å². The van der Waals surface area contributed by atoms with Crippen LogP contribution in [0, 0.1) is 5.92 Å². The molecule has 0 aromatic rings. The van der Waals surface area contributed by atoms with Gasteiger partial charge >= 0.3 is 0 Å². The Hall–Kier alpha value is -1.10. The Morgan fingerprint density at radius 2 is 1.69 bits per heavy atom. The summed E-state index contributed by atoms with van der Waals surface area (Å²) in [7, 11) is 0. The molecule has 0 heterocycles. The quantitative estimate of drug-likeness (QED) is 0.708. The highest BCUT2D eigenvalue weighted by Crippen LogP contribution is 2.06. The number of carbonyl (C=O) groups excluding carboxylic acids is 2. The topological polar surface area (TPSA) is 67.4 Å². The van der Waals surface area contributed by atoms with E-state index in [0.29, 0.717) is 0 Å². The zero-order valence-corrected chi connectivity index (χ0v) is 10.9. The van der Waals surface area contributed by atoms with Crippen molar-refractivity contribution in [2.75, 3.05) is 0 Å². The van der Waals surface area contributed by atoms with E-state index >= 15 is 0 Å². The van der Waals surface area contributed by atoms with Crippen LogP contribution in [-0.4, -0.2) is 23.5 Å². The number of carbonyl (C=O) groups is 2. The van der Waals surface area contributed by atoms with Crippen LogP contribution in [0.15, 0.2) is 0 Å². The molecule has 0 radical (unpaired) electrons. The Balaban J connectivity index is 4.34. The van der Waals surface area contributed by atoms with Gasteiger partial charge in [-0.15, -0.1) is 0 Å². The van der Waals surface area contributed by atoms with Crippen molar-refractivity contribution in [2.45, 2.75) is 53.2 Å². The minimum atomic E-state index is -0.570. The lowest BCUT2D eigenvalue weighted by Gasteiger charge is -2.24. The molecule has 0 aliphatic heterocycles. The fourth-order valence-electron chi connectivity index (χ4n) is 1.02. The van der Waals surface area contributed by atoms with Gasteiger partial charge in [0.05, 0.1) is 5.60 Å². The average Bonchev–Trinajstić information content (AvgIpc) is 2.08. The van der Waals surface area contributed by atoms with Crippen molar-refractivity contribution in [2.24, 2.45) is 5.92 Å². The maximum absolute atomic E-state index is 11.7. The molecule has 0 bridgehead atoms. The van der Waals surface area contributed by atoms with Gasteiger partial charge in [0.25, 0.3) is 5.91 Å². The van der Waals surface area contributed by atoms with Gasteiger partial charge in [-0.2, -0.15) is 0 Å². The molecule has 0 aliphatic rings. The van der Waals surface area contributed by atoms with E-state index in [0.717, 1.165) is 0 Å². The Morgan fingerprint density at radius 3 is 2.00 bits per heavy atom. The molecule has 94 valence electrons. The molecule has 0 aromatic heterocycles. The second-order valence-corrected chi connectivity index (χ2v) is 5.10. The summed E-state index contributed by atoms with van der Waals surface area (Å²) in [5.74, 6) is -0.558. The Bertz CT molecular complexity index is 256. The Labute approximate surface area is 96.9 Å². The van der Waals surface area contributed by atoms with Gasteiger partial charge in [-0.3, -0.25) is 14.4 Å². The lowest BCUT2D eigenvalue weighted by atomic mass is 10.0. The van der Waals surface area contributed by atoms with E-state index in [4.69, 9.17) is 4.84 Å². The summed E-state index contributed by atoms with van der Waals surface area (Å²) in [5.41, 5.74) is 1.90. The molecule has 0 rings (SSSR count). The van der Waals surface area contributed by atoms with E-state index in [-0.39, 0.29) is 17.7 Å². The minimum Gasteiger partial charge on any atom is -0.344 e. The van der Waals surface area contributed by atoms with Gasteiger partial charge in [0, 0.05) is 6.92 Å². The van der Waals surface area contributed by atoms with Crippen molar-refractivity contribution in [1.82, 2.24) is 10.8 Å². The van der Waals surface area contributed by atoms with Gasteiger partial charge in [-0.1, -0.05) is 13.8 Å². The molecule has 0 spiro atoms. The van der Waals surface area contributed by atoms with Crippen LogP contribution in [0.2, 0.25) is 0 Å². The molecular weight excluding hydrogens is 208 g/mol. The molecule has 0 saturated carbocycles. The largest absolute Gasteiger partial charge is 0.344 e. The Morgan fingerprint density at radius 1 is 1.19 bits per heavy atom. The molecule has 5 heteroatoms. The van der Waals surface area contributed by atoms with E-state index in [1.54, 1.807) is 0 Å². The summed E-state index contributed by atoms with van der Waals surface area (Å²) in [6, 6.07) is -0.570. The maximum atomic E-state index is 11.7. The summed E-state index contributed by atoms with van der Waals surface area (Å²) in [4.78, 5) is 27.8. The number of rotatable bonds is 4. The van der Waals surface area contributed by atoms with Crippen LogP contribution in [0.1, 0.15) is 41.5 Å². The molecule has 0 aliphatic carbocycles. The van der Waals surface area contributed by atoms with Crippen molar-refractivity contribution in [3.05, 3.63) is 0 Å². The third-order valence-corrected chi connectivity index (χ3v) is 1.77. The van der Waals surface area contributed by atoms with Gasteiger partial charge < -0.3 is 5.32 Å². The number of nitrogens with one attached hydrogen (secondary N) is 2. The monoisotopic (exact) mass is 230 g/mol. The third-order valence-electron chi connectivity index (χ3n) is 1.77. The summed E-state index contributed by atoms with van der Waals surface area (Å²) < 4.78 is 0. The van der Waals surface area contributed by atoms with Crippen LogP contribution in [0.4, 0.5) is 0 Å². The molecule has 2 amide bonds. The smallest absolute Gasteiger partial charge is 0.266 e. The highest BCUT2D eigenvalue weighted by atomic mass is 16.7. The van der Waals surface area contributed by atoms with Gasteiger partial charge in [-0.05, 0) is 26.7 Å². The van der Waals surface area contributed by atoms with E-state index in [1.165, 1.54) is 6.92 Å². The molecule has 2 N–H and O–H groups in total. The van der Waals surface area contributed by atoms with Crippen molar-refractivity contribution < 1.29 is 14.4 Å². The summed E-state index contributed by atoms with van der Waals surface area (Å²) in [6.07, 6.45) is 0. The lowest BCUT2D eigenvalue weighted by molar-refractivity contribution is -0.150. The molecule has 1 unspecified atom stereocenters. The average molecular weight is 230 g/mol. The van der Waals surface area contributed by atoms with Gasteiger partial charge in [0.15, 0.2) is 0 Å². The van der Waals surface area contributed by atoms with E-state index in [1.807, 2.05) is 34.6 Å². The first kappa shape index (κ1) is 14.9. The fraction of sp³-hybridized carbons (Fsp3) is 0.818. The van der Waals surface area contributed by atoms with Crippen molar-refractivity contribution in [3.63, 3.8) is 0 Å². The molecule has 5 nitrogen and oxygen atoms in total. The maximum Gasteiger partial charge on any atom is 0.266 e. The number of hydrogen-bond donors (Lipinski definition) is 2. The van der Waals surface area contributed by atoms with Crippen LogP contribution in [-0.2, 0) is 14.4 Å². The first-order valence-electron chi connectivity index (χ1n) is 5.38. The van der Waals surface area contributed by atoms with Gasteiger partial charge in [0.2, 0.25) is 5.91 Å². The van der Waals surface area contributed by atoms with Crippen LogP contribution in [0.3, 0.4) is 0 Å². The second kappa shape index (κ2) is 5.84. The molecule has 0 saturated heterocycles. The first-order valence-corrected chi connectivity index (χ1v) is 5.38. The summed E-state index contributed by atoms with van der Waals surface area (Å²) >= 11 is 0. The first-order chi connectivity index (χ1) is 7.13. The van der Waals surface area contributed by atoms with Crippen LogP contribution in [0.5, 0.6) is 0 Å². The zero-order chi connectivity index (χ0) is 12.9. The van der Waals surface area contributed by atoms with Crippen LogP contribution in [0.25, 0.3) is 0 Å². The highest BCUT2D eigenvalue weighted by Gasteiger charge is 2.24. The number of hydroxylamine groups is 1. The van der Waals surface area contributed by atoms with Crippen molar-refractivity contribution >= 4 is 11.8 Å². The second-order valence-electron chi connectivity index (χ2n) is 5.10. The van der Waals surface area contributed by atoms with Crippen molar-refractivity contribution in [1.29, 1.82) is 0 Å². The van der Waals surface area contributed by atoms with Crippen LogP contribution >= 0.6 is 0 Å². The van der Waals surface area contributed by atoms with E-state index < -0.39 is 11.6 Å². The van der Waals surface area contributed by atoms with E-state index in [2.05, 4.69) is 10.8 Å². The zero-order valence-electron chi connectivity index (χ0n) is 10.9. The standard InChI is InChI=1S/C11H22N2O3/c1-7(2)9(12-8(3)14)10(15)13-16-11(4,5)6/h7,9H,1-6H3,(H,12,14)(H,13,15).